The number of rotatable bonds is 8. The molecule has 1 rings (SSSR count). The number of benzene rings is 1. The molecule has 8 heteroatoms. The van der Waals surface area contributed by atoms with Gasteiger partial charge in [-0.05, 0) is 26.0 Å². The van der Waals surface area contributed by atoms with E-state index in [4.69, 9.17) is 20.0 Å². The van der Waals surface area contributed by atoms with Crippen LogP contribution in [0.3, 0.4) is 0 Å². The van der Waals surface area contributed by atoms with Gasteiger partial charge in [0.25, 0.3) is 0 Å². The van der Waals surface area contributed by atoms with Crippen molar-refractivity contribution in [1.82, 2.24) is 0 Å². The minimum Gasteiger partial charge on any atom is -0.478 e. The molecule has 0 bridgehead atoms. The molecule has 0 amide bonds. The first-order chi connectivity index (χ1) is 9.52. The lowest BCUT2D eigenvalue weighted by Crippen LogP contribution is -2.11. The summed E-state index contributed by atoms with van der Waals surface area (Å²) in [6.07, 6.45) is 0. The summed E-state index contributed by atoms with van der Waals surface area (Å²) in [5.41, 5.74) is -0.615. The molecule has 0 aliphatic heterocycles. The number of carbonyl (C=O) groups is 2. The molecule has 0 atom stereocenters. The average molecular weight is 286 g/mol. The molecule has 0 radical (unpaired) electrons. The third-order valence-corrected chi connectivity index (χ3v) is 2.09. The first-order valence-electron chi connectivity index (χ1n) is 5.75. The van der Waals surface area contributed by atoms with Gasteiger partial charge in [-0.15, -0.1) is 0 Å². The van der Waals surface area contributed by atoms with Crippen molar-refractivity contribution in [2.45, 2.75) is 13.8 Å². The zero-order chi connectivity index (χ0) is 15.1. The molecule has 0 saturated carbocycles. The number of aromatic carboxylic acids is 2. The molecule has 20 heavy (non-hydrogen) atoms. The highest BCUT2D eigenvalue weighted by atomic mass is 17.2. The van der Waals surface area contributed by atoms with E-state index in [9.17, 15) is 9.59 Å². The van der Waals surface area contributed by atoms with E-state index in [-0.39, 0.29) is 35.8 Å². The van der Waals surface area contributed by atoms with Crippen LogP contribution in [0.1, 0.15) is 34.6 Å². The Morgan fingerprint density at radius 2 is 1.25 bits per heavy atom. The summed E-state index contributed by atoms with van der Waals surface area (Å²) in [6.45, 7) is 3.49. The van der Waals surface area contributed by atoms with E-state index in [0.717, 1.165) is 12.1 Å². The Hall–Kier alpha value is -2.32. The maximum absolute atomic E-state index is 11.1. The Kier molecular flexibility index (Phi) is 5.75. The van der Waals surface area contributed by atoms with E-state index in [2.05, 4.69) is 9.78 Å². The third kappa shape index (κ3) is 3.59. The van der Waals surface area contributed by atoms with Crippen LogP contribution in [0.2, 0.25) is 0 Å². The molecule has 0 unspecified atom stereocenters. The molecule has 0 heterocycles. The molecule has 110 valence electrons. The first-order valence-corrected chi connectivity index (χ1v) is 5.75. The van der Waals surface area contributed by atoms with E-state index in [1.54, 1.807) is 13.8 Å². The SMILES string of the molecule is CCOOc1c(C(=O)O)ccc(C(=O)O)c1OOCC. The minimum atomic E-state index is -1.32. The lowest BCUT2D eigenvalue weighted by Gasteiger charge is -2.13. The van der Waals surface area contributed by atoms with Gasteiger partial charge in [-0.2, -0.15) is 9.78 Å². The second-order valence-electron chi connectivity index (χ2n) is 3.41. The zero-order valence-corrected chi connectivity index (χ0v) is 10.9. The van der Waals surface area contributed by atoms with E-state index in [0.29, 0.717) is 0 Å². The largest absolute Gasteiger partial charge is 0.478 e. The second kappa shape index (κ2) is 7.31. The zero-order valence-electron chi connectivity index (χ0n) is 10.9. The second-order valence-corrected chi connectivity index (χ2v) is 3.41. The van der Waals surface area contributed by atoms with Crippen LogP contribution in [-0.4, -0.2) is 35.4 Å². The van der Waals surface area contributed by atoms with Crippen molar-refractivity contribution in [3.63, 3.8) is 0 Å². The molecular formula is C12H14O8. The number of hydrogen-bond donors (Lipinski definition) is 2. The van der Waals surface area contributed by atoms with Gasteiger partial charge < -0.3 is 20.0 Å². The van der Waals surface area contributed by atoms with Gasteiger partial charge in [0.15, 0.2) is 0 Å². The highest BCUT2D eigenvalue weighted by molar-refractivity contribution is 5.97. The van der Waals surface area contributed by atoms with Gasteiger partial charge >= 0.3 is 11.9 Å². The van der Waals surface area contributed by atoms with Gasteiger partial charge in [0, 0.05) is 0 Å². The fraction of sp³-hybridized carbons (Fsp3) is 0.333. The maximum Gasteiger partial charge on any atom is 0.339 e. The third-order valence-electron chi connectivity index (χ3n) is 2.09. The van der Waals surface area contributed by atoms with Crippen LogP contribution in [0.5, 0.6) is 11.5 Å². The summed E-state index contributed by atoms with van der Waals surface area (Å²) < 4.78 is 0. The number of carboxylic acid groups (broad SMARTS) is 2. The van der Waals surface area contributed by atoms with Crippen LogP contribution < -0.4 is 9.78 Å². The summed E-state index contributed by atoms with van der Waals surface area (Å²) in [5, 5.41) is 18.1. The number of hydrogen-bond acceptors (Lipinski definition) is 6. The summed E-state index contributed by atoms with van der Waals surface area (Å²) in [7, 11) is 0. The van der Waals surface area contributed by atoms with Crippen molar-refractivity contribution >= 4 is 11.9 Å². The minimum absolute atomic E-state index is 0.129. The molecule has 1 aromatic rings. The maximum atomic E-state index is 11.1. The molecule has 2 N–H and O–H groups in total. The summed E-state index contributed by atoms with van der Waals surface area (Å²) in [6, 6.07) is 2.16. The Bertz CT molecular complexity index is 451. The van der Waals surface area contributed by atoms with Gasteiger partial charge in [0.2, 0.25) is 11.5 Å². The molecule has 0 aromatic heterocycles. The van der Waals surface area contributed by atoms with Crippen molar-refractivity contribution in [2.75, 3.05) is 13.2 Å². The molecule has 0 fully saturated rings. The summed E-state index contributed by atoms with van der Waals surface area (Å²) in [5.74, 6) is -3.38. The van der Waals surface area contributed by atoms with Gasteiger partial charge in [0.1, 0.15) is 11.1 Å². The Labute approximate surface area is 114 Å². The quantitative estimate of drug-likeness (QED) is 0.549. The van der Waals surface area contributed by atoms with E-state index in [1.165, 1.54) is 0 Å². The molecule has 0 saturated heterocycles. The van der Waals surface area contributed by atoms with Crippen LogP contribution in [0.15, 0.2) is 12.1 Å². The molecule has 1 aromatic carbocycles. The smallest absolute Gasteiger partial charge is 0.339 e. The van der Waals surface area contributed by atoms with E-state index < -0.39 is 11.9 Å². The predicted octanol–water partition coefficient (Wildman–Crippen LogP) is 1.74. The standard InChI is InChI=1S/C12H14O8/c1-3-17-19-9-7(11(13)14)5-6-8(12(15)16)10(9)20-18-4-2/h5-6H,3-4H2,1-2H3,(H,13,14)(H,15,16). The van der Waals surface area contributed by atoms with Gasteiger partial charge in [-0.25, -0.2) is 9.59 Å². The van der Waals surface area contributed by atoms with Gasteiger partial charge in [-0.3, -0.25) is 0 Å². The van der Waals surface area contributed by atoms with E-state index in [1.807, 2.05) is 0 Å². The van der Waals surface area contributed by atoms with Crippen molar-refractivity contribution in [2.24, 2.45) is 0 Å². The van der Waals surface area contributed by atoms with Crippen LogP contribution in [0, 0.1) is 0 Å². The fourth-order valence-electron chi connectivity index (χ4n) is 1.30. The Balaban J connectivity index is 3.37. The molecule has 8 nitrogen and oxygen atoms in total. The van der Waals surface area contributed by atoms with E-state index >= 15 is 0 Å². The van der Waals surface area contributed by atoms with Crippen LogP contribution in [-0.2, 0) is 9.78 Å². The van der Waals surface area contributed by atoms with Crippen molar-refractivity contribution < 1.29 is 39.4 Å². The van der Waals surface area contributed by atoms with Crippen molar-refractivity contribution in [1.29, 1.82) is 0 Å². The van der Waals surface area contributed by atoms with Crippen molar-refractivity contribution in [3.05, 3.63) is 23.3 Å². The lowest BCUT2D eigenvalue weighted by molar-refractivity contribution is -0.224. The topological polar surface area (TPSA) is 112 Å². The fourth-order valence-corrected chi connectivity index (χ4v) is 1.30. The predicted molar refractivity (Wildman–Crippen MR) is 64.9 cm³/mol. The first kappa shape index (κ1) is 15.7. The molecular weight excluding hydrogens is 272 g/mol. The van der Waals surface area contributed by atoms with Crippen LogP contribution in [0.25, 0.3) is 0 Å². The molecule has 0 aliphatic carbocycles. The highest BCUT2D eigenvalue weighted by Crippen LogP contribution is 2.36. The normalized spacial score (nSPS) is 10.1. The Morgan fingerprint density at radius 1 is 0.900 bits per heavy atom. The van der Waals surface area contributed by atoms with Crippen molar-refractivity contribution in [3.8, 4) is 11.5 Å². The summed E-state index contributed by atoms with van der Waals surface area (Å²) in [4.78, 5) is 41.2. The molecule has 0 spiro atoms. The average Bonchev–Trinajstić information content (AvgIpc) is 2.41. The Morgan fingerprint density at radius 3 is 1.50 bits per heavy atom. The van der Waals surface area contributed by atoms with Gasteiger partial charge in [-0.1, -0.05) is 0 Å². The highest BCUT2D eigenvalue weighted by Gasteiger charge is 2.26. The van der Waals surface area contributed by atoms with Crippen LogP contribution in [0.4, 0.5) is 0 Å². The monoisotopic (exact) mass is 286 g/mol. The summed E-state index contributed by atoms with van der Waals surface area (Å²) >= 11 is 0. The van der Waals surface area contributed by atoms with Gasteiger partial charge in [0.05, 0.1) is 13.2 Å². The van der Waals surface area contributed by atoms with Crippen LogP contribution >= 0.6 is 0 Å². The lowest BCUT2D eigenvalue weighted by atomic mass is 10.1. The molecule has 0 aliphatic rings. The number of carboxylic acids is 2.